The molecule has 1 aromatic heterocycles. The van der Waals surface area contributed by atoms with Crippen LogP contribution in [-0.4, -0.2) is 87.7 Å². The summed E-state index contributed by atoms with van der Waals surface area (Å²) < 4.78 is 17.3. The predicted molar refractivity (Wildman–Crippen MR) is 154 cm³/mol. The molecular weight excluding hydrogens is 530 g/mol. The number of rotatable bonds is 13. The third-order valence-electron chi connectivity index (χ3n) is 7.52. The zero-order valence-electron chi connectivity index (χ0n) is 23.6. The Bertz CT molecular complexity index is 1320. The maximum absolute atomic E-state index is 13.5. The smallest absolute Gasteiger partial charge is 0.200 e. The third kappa shape index (κ3) is 6.91. The summed E-state index contributed by atoms with van der Waals surface area (Å²) in [6.45, 7) is 7.68. The van der Waals surface area contributed by atoms with E-state index in [4.69, 9.17) is 13.9 Å². The van der Waals surface area contributed by atoms with Gasteiger partial charge in [0.1, 0.15) is 53.9 Å². The molecule has 4 rings (SSSR count). The summed E-state index contributed by atoms with van der Waals surface area (Å²) in [5, 5.41) is 51.2. The molecule has 5 N–H and O–H groups in total. The van der Waals surface area contributed by atoms with E-state index < -0.39 is 37.1 Å². The van der Waals surface area contributed by atoms with Gasteiger partial charge in [-0.25, -0.2) is 0 Å². The first kappa shape index (κ1) is 31.0. The van der Waals surface area contributed by atoms with Crippen LogP contribution in [-0.2, 0) is 4.74 Å². The molecule has 41 heavy (non-hydrogen) atoms. The highest BCUT2D eigenvalue weighted by Gasteiger charge is 2.45. The standard InChI is InChI=1S/C31H41NO9/c1-3-13-32(14-4-2)15-5-6-16-39-20-9-7-19(8-10-20)22-18-40-30-21(26(22)35)11-12-23(34)25(30)31-29(38)28(37)27(36)24(17-33)41-31/h7-12,18,24,27-29,31,33-34,36-38H,3-6,13-17H2,1-2H3/t24-,27-,28+,29-,31+/m1/s1. The normalized spacial score (nSPS) is 22.9. The molecule has 5 atom stereocenters. The van der Waals surface area contributed by atoms with Gasteiger partial charge < -0.3 is 44.3 Å². The van der Waals surface area contributed by atoms with Crippen LogP contribution in [0.5, 0.6) is 11.5 Å². The van der Waals surface area contributed by atoms with Crippen molar-refractivity contribution in [3.8, 4) is 22.6 Å². The highest BCUT2D eigenvalue weighted by atomic mass is 16.5. The summed E-state index contributed by atoms with van der Waals surface area (Å²) in [4.78, 5) is 15.9. The molecule has 2 aromatic carbocycles. The molecule has 3 aromatic rings. The van der Waals surface area contributed by atoms with Crippen LogP contribution < -0.4 is 10.2 Å². The highest BCUT2D eigenvalue weighted by Crippen LogP contribution is 2.40. The van der Waals surface area contributed by atoms with E-state index in [9.17, 15) is 30.3 Å². The van der Waals surface area contributed by atoms with Crippen LogP contribution in [0.1, 0.15) is 51.2 Å². The molecule has 1 saturated heterocycles. The van der Waals surface area contributed by atoms with Gasteiger partial charge in [-0.05, 0) is 75.1 Å². The minimum absolute atomic E-state index is 0.0283. The summed E-state index contributed by atoms with van der Waals surface area (Å²) in [6, 6.07) is 9.84. The minimum Gasteiger partial charge on any atom is -0.507 e. The largest absolute Gasteiger partial charge is 0.507 e. The maximum Gasteiger partial charge on any atom is 0.200 e. The minimum atomic E-state index is -1.65. The molecule has 1 aliphatic rings. The lowest BCUT2D eigenvalue weighted by Crippen LogP contribution is -2.55. The van der Waals surface area contributed by atoms with Crippen molar-refractivity contribution in [1.29, 1.82) is 0 Å². The topological polar surface area (TPSA) is 153 Å². The van der Waals surface area contributed by atoms with Gasteiger partial charge in [0.15, 0.2) is 0 Å². The van der Waals surface area contributed by atoms with Gasteiger partial charge in [-0.1, -0.05) is 26.0 Å². The Morgan fingerprint density at radius 1 is 0.902 bits per heavy atom. The number of hydrogen-bond donors (Lipinski definition) is 5. The Morgan fingerprint density at radius 2 is 1.61 bits per heavy atom. The number of nitrogens with zero attached hydrogens (tertiary/aromatic N) is 1. The average molecular weight is 572 g/mol. The molecule has 0 bridgehead atoms. The van der Waals surface area contributed by atoms with Crippen molar-refractivity contribution in [3.63, 3.8) is 0 Å². The number of unbranched alkanes of at least 4 members (excludes halogenated alkanes) is 1. The SMILES string of the molecule is CCCN(CCC)CCCCOc1ccc(-c2coc3c([C@@H]4O[C@H](CO)[C@@H](O)[C@H](O)[C@H]4O)c(O)ccc3c2=O)cc1. The zero-order chi connectivity index (χ0) is 29.5. The molecule has 0 radical (unpaired) electrons. The van der Waals surface area contributed by atoms with E-state index in [1.54, 1.807) is 24.3 Å². The van der Waals surface area contributed by atoms with Crippen LogP contribution in [0.15, 0.2) is 51.9 Å². The first-order valence-electron chi connectivity index (χ1n) is 14.3. The number of aliphatic hydroxyl groups excluding tert-OH is 4. The molecule has 0 aliphatic carbocycles. The number of aliphatic hydroxyl groups is 4. The van der Waals surface area contributed by atoms with Crippen LogP contribution in [0.3, 0.4) is 0 Å². The number of ether oxygens (including phenoxy) is 2. The van der Waals surface area contributed by atoms with E-state index in [1.165, 1.54) is 18.4 Å². The second-order valence-electron chi connectivity index (χ2n) is 10.5. The third-order valence-corrected chi connectivity index (χ3v) is 7.52. The summed E-state index contributed by atoms with van der Waals surface area (Å²) in [5.74, 6) is 0.371. The van der Waals surface area contributed by atoms with Gasteiger partial charge in [0, 0.05) is 0 Å². The Hall–Kier alpha value is -2.99. The predicted octanol–water partition coefficient (Wildman–Crippen LogP) is 2.96. The second kappa shape index (κ2) is 14.3. The number of fused-ring (bicyclic) bond motifs is 1. The molecule has 224 valence electrons. The van der Waals surface area contributed by atoms with E-state index in [0.717, 1.165) is 45.3 Å². The van der Waals surface area contributed by atoms with E-state index in [-0.39, 0.29) is 27.7 Å². The quantitative estimate of drug-likeness (QED) is 0.194. The van der Waals surface area contributed by atoms with Gasteiger partial charge in [-0.15, -0.1) is 0 Å². The molecule has 10 heteroatoms. The fourth-order valence-corrected chi connectivity index (χ4v) is 5.35. The first-order chi connectivity index (χ1) is 19.8. The van der Waals surface area contributed by atoms with E-state index in [1.807, 2.05) is 0 Å². The van der Waals surface area contributed by atoms with Gasteiger partial charge in [-0.2, -0.15) is 0 Å². The average Bonchev–Trinajstić information content (AvgIpc) is 2.97. The van der Waals surface area contributed by atoms with Crippen molar-refractivity contribution < 1.29 is 39.4 Å². The molecule has 1 aliphatic heterocycles. The zero-order valence-corrected chi connectivity index (χ0v) is 23.6. The van der Waals surface area contributed by atoms with Crippen molar-refractivity contribution in [2.75, 3.05) is 32.8 Å². The van der Waals surface area contributed by atoms with E-state index in [0.29, 0.717) is 23.5 Å². The molecular formula is C31H41NO9. The number of benzene rings is 2. The van der Waals surface area contributed by atoms with Gasteiger partial charge >= 0.3 is 0 Å². The summed E-state index contributed by atoms with van der Waals surface area (Å²) in [6.07, 6.45) is -1.81. The van der Waals surface area contributed by atoms with Crippen LogP contribution in [0.4, 0.5) is 0 Å². The maximum atomic E-state index is 13.5. The summed E-state index contributed by atoms with van der Waals surface area (Å²) in [7, 11) is 0. The van der Waals surface area contributed by atoms with Crippen molar-refractivity contribution >= 4 is 11.0 Å². The van der Waals surface area contributed by atoms with E-state index in [2.05, 4.69) is 18.7 Å². The number of phenols is 1. The number of phenolic OH excluding ortho intramolecular Hbond substituents is 1. The molecule has 10 nitrogen and oxygen atoms in total. The van der Waals surface area contributed by atoms with Crippen molar-refractivity contribution in [3.05, 3.63) is 58.4 Å². The molecule has 0 unspecified atom stereocenters. The van der Waals surface area contributed by atoms with Gasteiger partial charge in [0.25, 0.3) is 0 Å². The van der Waals surface area contributed by atoms with Gasteiger partial charge in [0.2, 0.25) is 5.43 Å². The van der Waals surface area contributed by atoms with Crippen LogP contribution in [0, 0.1) is 0 Å². The summed E-state index contributed by atoms with van der Waals surface area (Å²) >= 11 is 0. The lowest BCUT2D eigenvalue weighted by atomic mass is 9.89. The van der Waals surface area contributed by atoms with Crippen LogP contribution in [0.2, 0.25) is 0 Å². The summed E-state index contributed by atoms with van der Waals surface area (Å²) in [5.41, 5.74) is 0.458. The monoisotopic (exact) mass is 571 g/mol. The lowest BCUT2D eigenvalue weighted by Gasteiger charge is -2.40. The Kier molecular flexibility index (Phi) is 10.8. The number of hydrogen-bond acceptors (Lipinski definition) is 10. The van der Waals surface area contributed by atoms with Crippen molar-refractivity contribution in [2.24, 2.45) is 0 Å². The molecule has 1 fully saturated rings. The Labute approximate surface area is 239 Å². The van der Waals surface area contributed by atoms with Gasteiger partial charge in [0.05, 0.1) is 29.7 Å². The Balaban J connectivity index is 1.48. The van der Waals surface area contributed by atoms with Crippen LogP contribution >= 0.6 is 0 Å². The highest BCUT2D eigenvalue weighted by molar-refractivity contribution is 5.86. The molecule has 2 heterocycles. The molecule has 0 amide bonds. The lowest BCUT2D eigenvalue weighted by molar-refractivity contribution is -0.231. The van der Waals surface area contributed by atoms with Crippen molar-refractivity contribution in [2.45, 2.75) is 70.1 Å². The fraction of sp³-hybridized carbons (Fsp3) is 0.516. The van der Waals surface area contributed by atoms with E-state index >= 15 is 0 Å². The Morgan fingerprint density at radius 3 is 2.27 bits per heavy atom. The van der Waals surface area contributed by atoms with Crippen molar-refractivity contribution in [1.82, 2.24) is 4.90 Å². The molecule has 0 spiro atoms. The van der Waals surface area contributed by atoms with Crippen LogP contribution in [0.25, 0.3) is 22.1 Å². The van der Waals surface area contributed by atoms with Gasteiger partial charge in [-0.3, -0.25) is 4.79 Å². The first-order valence-corrected chi connectivity index (χ1v) is 14.3. The number of aromatic hydroxyl groups is 1. The fourth-order valence-electron chi connectivity index (χ4n) is 5.35. The second-order valence-corrected chi connectivity index (χ2v) is 10.5. The molecule has 0 saturated carbocycles.